The first-order chi connectivity index (χ1) is 10.1. The maximum Gasteiger partial charge on any atom is 0.170 e. The van der Waals surface area contributed by atoms with Gasteiger partial charge in [0, 0.05) is 22.8 Å². The molecule has 1 saturated heterocycles. The minimum Gasteiger partial charge on any atom is -0.360 e. The first-order valence-corrected chi connectivity index (χ1v) is 8.17. The number of nitrogens with one attached hydrogen (secondary N) is 3. The molecule has 1 aromatic carbocycles. The van der Waals surface area contributed by atoms with Gasteiger partial charge in [-0.25, -0.2) is 4.39 Å². The molecule has 22 heavy (non-hydrogen) atoms. The SMILES string of the molecule is CC1(C)CC(NC(=S)Nc2ccc(F)c(Cl)c2)CC(C)(C)N1. The molecular weight excluding hydrogens is 321 g/mol. The summed E-state index contributed by atoms with van der Waals surface area (Å²) in [6, 6.07) is 4.75. The maximum absolute atomic E-state index is 13.2. The van der Waals surface area contributed by atoms with Crippen LogP contribution >= 0.6 is 23.8 Å². The van der Waals surface area contributed by atoms with Gasteiger partial charge >= 0.3 is 0 Å². The first kappa shape index (κ1) is 17.4. The molecule has 0 radical (unpaired) electrons. The van der Waals surface area contributed by atoms with E-state index in [1.54, 1.807) is 6.07 Å². The largest absolute Gasteiger partial charge is 0.360 e. The van der Waals surface area contributed by atoms with E-state index in [0.29, 0.717) is 10.8 Å². The van der Waals surface area contributed by atoms with E-state index in [1.165, 1.54) is 12.1 Å². The molecule has 122 valence electrons. The van der Waals surface area contributed by atoms with Gasteiger partial charge in [-0.15, -0.1) is 0 Å². The molecule has 1 heterocycles. The summed E-state index contributed by atoms with van der Waals surface area (Å²) >= 11 is 11.1. The van der Waals surface area contributed by atoms with Crippen LogP contribution in [0.4, 0.5) is 10.1 Å². The number of halogens is 2. The molecule has 2 rings (SSSR count). The molecule has 0 aliphatic carbocycles. The van der Waals surface area contributed by atoms with Crippen molar-refractivity contribution in [1.29, 1.82) is 0 Å². The van der Waals surface area contributed by atoms with Gasteiger partial charge in [0.2, 0.25) is 0 Å². The van der Waals surface area contributed by atoms with Crippen LogP contribution in [0, 0.1) is 5.82 Å². The number of piperidine rings is 1. The molecule has 0 bridgehead atoms. The fourth-order valence-electron chi connectivity index (χ4n) is 3.35. The predicted octanol–water partition coefficient (Wildman–Crippen LogP) is 4.07. The monoisotopic (exact) mass is 343 g/mol. The standard InChI is InChI=1S/C16H23ClFN3S/c1-15(2)8-11(9-16(3,4)21-15)20-14(22)19-10-5-6-13(18)12(17)7-10/h5-7,11,21H,8-9H2,1-4H3,(H2,19,20,22). The van der Waals surface area contributed by atoms with Crippen molar-refractivity contribution in [1.82, 2.24) is 10.6 Å². The summed E-state index contributed by atoms with van der Waals surface area (Å²) in [5.74, 6) is -0.437. The predicted molar refractivity (Wildman–Crippen MR) is 95.1 cm³/mol. The van der Waals surface area contributed by atoms with E-state index in [2.05, 4.69) is 43.6 Å². The zero-order chi connectivity index (χ0) is 16.5. The average Bonchev–Trinajstić information content (AvgIpc) is 2.29. The number of hydrogen-bond donors (Lipinski definition) is 3. The normalized spacial score (nSPS) is 20.5. The molecule has 0 unspecified atom stereocenters. The lowest BCUT2D eigenvalue weighted by Crippen LogP contribution is -2.62. The second kappa shape index (κ2) is 6.30. The summed E-state index contributed by atoms with van der Waals surface area (Å²) in [7, 11) is 0. The third-order valence-electron chi connectivity index (χ3n) is 3.70. The van der Waals surface area contributed by atoms with E-state index >= 15 is 0 Å². The lowest BCUT2D eigenvalue weighted by Gasteiger charge is -2.46. The van der Waals surface area contributed by atoms with Crippen molar-refractivity contribution in [2.45, 2.75) is 57.7 Å². The van der Waals surface area contributed by atoms with Crippen molar-refractivity contribution in [3.63, 3.8) is 0 Å². The Morgan fingerprint density at radius 2 is 1.86 bits per heavy atom. The summed E-state index contributed by atoms with van der Waals surface area (Å²) in [5.41, 5.74) is 0.777. The maximum atomic E-state index is 13.2. The van der Waals surface area contributed by atoms with Crippen molar-refractivity contribution >= 4 is 34.6 Å². The molecule has 1 aromatic rings. The van der Waals surface area contributed by atoms with E-state index in [9.17, 15) is 4.39 Å². The highest BCUT2D eigenvalue weighted by molar-refractivity contribution is 7.80. The van der Waals surface area contributed by atoms with E-state index in [-0.39, 0.29) is 22.1 Å². The summed E-state index contributed by atoms with van der Waals surface area (Å²) in [5, 5.41) is 10.7. The number of thiocarbonyl (C=S) groups is 1. The van der Waals surface area contributed by atoms with Crippen molar-refractivity contribution < 1.29 is 4.39 Å². The summed E-state index contributed by atoms with van der Waals surface area (Å²) in [4.78, 5) is 0. The molecule has 0 saturated carbocycles. The molecule has 0 spiro atoms. The zero-order valence-electron chi connectivity index (χ0n) is 13.4. The highest BCUT2D eigenvalue weighted by Crippen LogP contribution is 2.28. The highest BCUT2D eigenvalue weighted by atomic mass is 35.5. The van der Waals surface area contributed by atoms with Crippen molar-refractivity contribution in [3.05, 3.63) is 29.0 Å². The Morgan fingerprint density at radius 3 is 2.41 bits per heavy atom. The Balaban J connectivity index is 1.98. The minimum absolute atomic E-state index is 0.0498. The zero-order valence-corrected chi connectivity index (χ0v) is 15.0. The topological polar surface area (TPSA) is 36.1 Å². The van der Waals surface area contributed by atoms with Crippen LogP contribution in [0.25, 0.3) is 0 Å². The number of rotatable bonds is 2. The van der Waals surface area contributed by atoms with Gasteiger partial charge in [0.1, 0.15) is 5.82 Å². The summed E-state index contributed by atoms with van der Waals surface area (Å²) in [6.07, 6.45) is 1.95. The third-order valence-corrected chi connectivity index (χ3v) is 4.21. The fourth-order valence-corrected chi connectivity index (χ4v) is 3.82. The minimum atomic E-state index is -0.437. The van der Waals surface area contributed by atoms with E-state index in [4.69, 9.17) is 23.8 Å². The molecule has 0 amide bonds. The number of anilines is 1. The van der Waals surface area contributed by atoms with Crippen LogP contribution in [0.1, 0.15) is 40.5 Å². The second-order valence-electron chi connectivity index (χ2n) is 7.23. The van der Waals surface area contributed by atoms with E-state index < -0.39 is 5.82 Å². The van der Waals surface area contributed by atoms with Crippen LogP contribution in [0.15, 0.2) is 18.2 Å². The smallest absolute Gasteiger partial charge is 0.170 e. The molecule has 6 heteroatoms. The van der Waals surface area contributed by atoms with Crippen molar-refractivity contribution in [2.24, 2.45) is 0 Å². The molecule has 1 aliphatic rings. The van der Waals surface area contributed by atoms with Gasteiger partial charge in [0.25, 0.3) is 0 Å². The molecule has 3 nitrogen and oxygen atoms in total. The van der Waals surface area contributed by atoms with Crippen LogP contribution in [0.5, 0.6) is 0 Å². The van der Waals surface area contributed by atoms with E-state index in [0.717, 1.165) is 12.8 Å². The Labute approximate surface area is 142 Å². The second-order valence-corrected chi connectivity index (χ2v) is 8.04. The number of benzene rings is 1. The Hall–Kier alpha value is -0.910. The summed E-state index contributed by atoms with van der Waals surface area (Å²) < 4.78 is 13.2. The number of hydrogen-bond acceptors (Lipinski definition) is 2. The van der Waals surface area contributed by atoms with Crippen molar-refractivity contribution in [2.75, 3.05) is 5.32 Å². The van der Waals surface area contributed by atoms with E-state index in [1.807, 2.05) is 0 Å². The molecule has 0 atom stereocenters. The quantitative estimate of drug-likeness (QED) is 0.707. The van der Waals surface area contributed by atoms with Gasteiger partial charge in [-0.3, -0.25) is 0 Å². The van der Waals surface area contributed by atoms with Crippen LogP contribution in [0.2, 0.25) is 5.02 Å². The van der Waals surface area contributed by atoms with Gasteiger partial charge < -0.3 is 16.0 Å². The highest BCUT2D eigenvalue weighted by Gasteiger charge is 2.37. The van der Waals surface area contributed by atoms with Crippen LogP contribution in [0.3, 0.4) is 0 Å². The first-order valence-electron chi connectivity index (χ1n) is 7.38. The third kappa shape index (κ3) is 4.80. The van der Waals surface area contributed by atoms with Gasteiger partial charge in [-0.2, -0.15) is 0 Å². The lowest BCUT2D eigenvalue weighted by atomic mass is 9.80. The van der Waals surface area contributed by atoms with Gasteiger partial charge in [-0.1, -0.05) is 11.6 Å². The molecule has 1 aliphatic heterocycles. The Kier molecular flexibility index (Phi) is 5.00. The van der Waals surface area contributed by atoms with Crippen LogP contribution < -0.4 is 16.0 Å². The van der Waals surface area contributed by atoms with Crippen LogP contribution in [-0.4, -0.2) is 22.2 Å². The van der Waals surface area contributed by atoms with Crippen LogP contribution in [-0.2, 0) is 0 Å². The Bertz CT molecular complexity index is 559. The summed E-state index contributed by atoms with van der Waals surface area (Å²) in [6.45, 7) is 8.77. The van der Waals surface area contributed by atoms with Gasteiger partial charge in [0.15, 0.2) is 5.11 Å². The average molecular weight is 344 g/mol. The van der Waals surface area contributed by atoms with Crippen molar-refractivity contribution in [3.8, 4) is 0 Å². The fraction of sp³-hybridized carbons (Fsp3) is 0.562. The van der Waals surface area contributed by atoms with Gasteiger partial charge in [-0.05, 0) is 71.0 Å². The molecule has 3 N–H and O–H groups in total. The molecule has 1 fully saturated rings. The Morgan fingerprint density at radius 1 is 1.27 bits per heavy atom. The van der Waals surface area contributed by atoms with Gasteiger partial charge in [0.05, 0.1) is 5.02 Å². The lowest BCUT2D eigenvalue weighted by molar-refractivity contribution is 0.156. The molecule has 0 aromatic heterocycles. The molecular formula is C16H23ClFN3S.